The fraction of sp³-hybridized carbons (Fsp3) is 0.214. The highest BCUT2D eigenvalue weighted by Crippen LogP contribution is 2.34. The van der Waals surface area contributed by atoms with Crippen LogP contribution in [0.1, 0.15) is 18.9 Å². The smallest absolute Gasteiger partial charge is 0.326 e. The van der Waals surface area contributed by atoms with E-state index in [2.05, 4.69) is 15.9 Å². The minimum Gasteiger partial charge on any atom is -0.480 e. The molecule has 1 fully saturated rings. The molecule has 0 aliphatic carbocycles. The van der Waals surface area contributed by atoms with Crippen LogP contribution in [0.3, 0.4) is 0 Å². The van der Waals surface area contributed by atoms with Crippen molar-refractivity contribution in [3.05, 3.63) is 39.2 Å². The van der Waals surface area contributed by atoms with Crippen LogP contribution in [0.25, 0.3) is 6.08 Å². The van der Waals surface area contributed by atoms with Gasteiger partial charge < -0.3 is 5.11 Å². The van der Waals surface area contributed by atoms with Gasteiger partial charge in [0.1, 0.15) is 10.4 Å². The number of carboxylic acids is 1. The number of thiocarbonyl (C=S) groups is 1. The van der Waals surface area contributed by atoms with Crippen molar-refractivity contribution in [3.8, 4) is 0 Å². The van der Waals surface area contributed by atoms with Gasteiger partial charge in [-0.3, -0.25) is 9.69 Å². The van der Waals surface area contributed by atoms with E-state index in [1.54, 1.807) is 13.0 Å². The predicted molar refractivity (Wildman–Crippen MR) is 90.9 cm³/mol. The number of carboxylic acid groups (broad SMARTS) is 1. The Labute approximate surface area is 140 Å². The molecule has 0 spiro atoms. The van der Waals surface area contributed by atoms with Gasteiger partial charge in [-0.05, 0) is 30.2 Å². The van der Waals surface area contributed by atoms with Gasteiger partial charge in [0, 0.05) is 4.47 Å². The van der Waals surface area contributed by atoms with Crippen LogP contribution >= 0.6 is 39.9 Å². The number of rotatable bonds is 4. The minimum atomic E-state index is -1.04. The molecule has 7 heteroatoms. The second kappa shape index (κ2) is 6.72. The molecule has 1 aliphatic heterocycles. The van der Waals surface area contributed by atoms with Crippen LogP contribution in [0.5, 0.6) is 0 Å². The van der Waals surface area contributed by atoms with Gasteiger partial charge in [0.25, 0.3) is 5.91 Å². The third-order valence-corrected chi connectivity index (χ3v) is 4.78. The highest BCUT2D eigenvalue weighted by molar-refractivity contribution is 9.10. The normalized spacial score (nSPS) is 18.4. The molecule has 1 aliphatic rings. The lowest BCUT2D eigenvalue weighted by atomic mass is 10.2. The van der Waals surface area contributed by atoms with Gasteiger partial charge in [-0.15, -0.1) is 0 Å². The molecule has 1 aromatic rings. The monoisotopic (exact) mass is 385 g/mol. The number of nitrogens with zero attached hydrogens (tertiary/aromatic N) is 1. The van der Waals surface area contributed by atoms with Crippen LogP contribution in [-0.2, 0) is 9.59 Å². The van der Waals surface area contributed by atoms with Crippen LogP contribution in [0, 0.1) is 0 Å². The lowest BCUT2D eigenvalue weighted by Crippen LogP contribution is -2.43. The average Bonchev–Trinajstić information content (AvgIpc) is 2.67. The molecular formula is C14H12BrNO3S2. The SMILES string of the molecule is CC[C@H](C(=O)O)N1C(=O)/C(=C/c2cccc(Br)c2)SC1=S. The Kier molecular flexibility index (Phi) is 5.18. The molecule has 1 atom stereocenters. The molecule has 1 heterocycles. The zero-order valence-corrected chi connectivity index (χ0v) is 14.3. The largest absolute Gasteiger partial charge is 0.480 e. The second-order valence-electron chi connectivity index (χ2n) is 4.37. The third-order valence-electron chi connectivity index (χ3n) is 2.95. The van der Waals surface area contributed by atoms with E-state index in [-0.39, 0.29) is 10.2 Å². The Morgan fingerprint density at radius 1 is 1.57 bits per heavy atom. The van der Waals surface area contributed by atoms with Crippen LogP contribution in [0.15, 0.2) is 33.6 Å². The lowest BCUT2D eigenvalue weighted by Gasteiger charge is -2.21. The van der Waals surface area contributed by atoms with Gasteiger partial charge in [0.2, 0.25) is 0 Å². The molecule has 1 N–H and O–H groups in total. The van der Waals surface area contributed by atoms with Crippen molar-refractivity contribution in [2.24, 2.45) is 0 Å². The molecule has 0 aromatic heterocycles. The standard InChI is InChI=1S/C14H12BrNO3S2/c1-2-10(13(18)19)16-12(17)11(21-14(16)20)7-8-4-3-5-9(15)6-8/h3-7,10H,2H2,1H3,(H,18,19)/b11-7-/t10-/m1/s1. The van der Waals surface area contributed by atoms with Crippen molar-refractivity contribution in [2.75, 3.05) is 0 Å². The lowest BCUT2D eigenvalue weighted by molar-refractivity contribution is -0.145. The van der Waals surface area contributed by atoms with E-state index in [4.69, 9.17) is 12.2 Å². The molecule has 2 rings (SSSR count). The van der Waals surface area contributed by atoms with Crippen LogP contribution < -0.4 is 0 Å². The maximum Gasteiger partial charge on any atom is 0.326 e. The Bertz CT molecular complexity index is 645. The maximum absolute atomic E-state index is 12.4. The van der Waals surface area contributed by atoms with Crippen molar-refractivity contribution in [3.63, 3.8) is 0 Å². The fourth-order valence-electron chi connectivity index (χ4n) is 1.96. The summed E-state index contributed by atoms with van der Waals surface area (Å²) in [5.41, 5.74) is 0.855. The van der Waals surface area contributed by atoms with Crippen LogP contribution in [-0.4, -0.2) is 32.2 Å². The molecule has 0 unspecified atom stereocenters. The van der Waals surface area contributed by atoms with Gasteiger partial charge in [0.15, 0.2) is 0 Å². The van der Waals surface area contributed by atoms with E-state index in [0.29, 0.717) is 11.3 Å². The molecular weight excluding hydrogens is 374 g/mol. The first kappa shape index (κ1) is 16.2. The van der Waals surface area contributed by atoms with Crippen LogP contribution in [0.4, 0.5) is 0 Å². The number of carbonyl (C=O) groups excluding carboxylic acids is 1. The number of aliphatic carboxylic acids is 1. The quantitative estimate of drug-likeness (QED) is 0.634. The highest BCUT2D eigenvalue weighted by atomic mass is 79.9. The zero-order valence-electron chi connectivity index (χ0n) is 11.1. The van der Waals surface area contributed by atoms with E-state index >= 15 is 0 Å². The molecule has 0 saturated carbocycles. The number of carbonyl (C=O) groups is 2. The molecule has 4 nitrogen and oxygen atoms in total. The number of hydrogen-bond acceptors (Lipinski definition) is 4. The van der Waals surface area contributed by atoms with Crippen molar-refractivity contribution in [1.82, 2.24) is 4.90 Å². The molecule has 1 saturated heterocycles. The average molecular weight is 386 g/mol. The zero-order chi connectivity index (χ0) is 15.6. The summed E-state index contributed by atoms with van der Waals surface area (Å²) in [5, 5.41) is 9.19. The van der Waals surface area contributed by atoms with E-state index in [0.717, 1.165) is 21.8 Å². The Balaban J connectivity index is 2.31. The topological polar surface area (TPSA) is 57.6 Å². The molecule has 1 amide bonds. The maximum atomic E-state index is 12.4. The summed E-state index contributed by atoms with van der Waals surface area (Å²) in [6, 6.07) is 6.58. The van der Waals surface area contributed by atoms with Crippen molar-refractivity contribution in [1.29, 1.82) is 0 Å². The fourth-order valence-corrected chi connectivity index (χ4v) is 3.74. The minimum absolute atomic E-state index is 0.287. The summed E-state index contributed by atoms with van der Waals surface area (Å²) in [7, 11) is 0. The number of halogens is 1. The summed E-state index contributed by atoms with van der Waals surface area (Å²) in [5.74, 6) is -1.39. The van der Waals surface area contributed by atoms with Crippen molar-refractivity contribution >= 4 is 62.2 Å². The van der Waals surface area contributed by atoms with Gasteiger partial charge in [-0.25, -0.2) is 4.79 Å². The third kappa shape index (κ3) is 3.53. The van der Waals surface area contributed by atoms with Gasteiger partial charge in [-0.2, -0.15) is 0 Å². The summed E-state index contributed by atoms with van der Waals surface area (Å²) in [6.07, 6.45) is 2.03. The summed E-state index contributed by atoms with van der Waals surface area (Å²) in [6.45, 7) is 1.72. The Hall–Kier alpha value is -1.18. The summed E-state index contributed by atoms with van der Waals surface area (Å²) in [4.78, 5) is 25.2. The first-order valence-electron chi connectivity index (χ1n) is 6.19. The van der Waals surface area contributed by atoms with Crippen LogP contribution in [0.2, 0.25) is 0 Å². The van der Waals surface area contributed by atoms with Crippen molar-refractivity contribution in [2.45, 2.75) is 19.4 Å². The molecule has 110 valence electrons. The van der Waals surface area contributed by atoms with Crippen molar-refractivity contribution < 1.29 is 14.7 Å². The molecule has 0 bridgehead atoms. The van der Waals surface area contributed by atoms with E-state index in [9.17, 15) is 14.7 Å². The highest BCUT2D eigenvalue weighted by Gasteiger charge is 2.39. The number of amides is 1. The Morgan fingerprint density at radius 3 is 2.86 bits per heavy atom. The van der Waals surface area contributed by atoms with Gasteiger partial charge >= 0.3 is 5.97 Å². The van der Waals surface area contributed by atoms with Gasteiger partial charge in [0.05, 0.1) is 4.91 Å². The van der Waals surface area contributed by atoms with E-state index in [1.165, 1.54) is 4.90 Å². The number of benzene rings is 1. The second-order valence-corrected chi connectivity index (χ2v) is 6.96. The first-order valence-corrected chi connectivity index (χ1v) is 8.21. The Morgan fingerprint density at radius 2 is 2.29 bits per heavy atom. The molecule has 0 radical (unpaired) electrons. The predicted octanol–water partition coefficient (Wildman–Crippen LogP) is 3.51. The first-order chi connectivity index (χ1) is 9.93. The van der Waals surface area contributed by atoms with E-state index < -0.39 is 12.0 Å². The molecule has 21 heavy (non-hydrogen) atoms. The van der Waals surface area contributed by atoms with E-state index in [1.807, 2.05) is 24.3 Å². The summed E-state index contributed by atoms with van der Waals surface area (Å²) < 4.78 is 1.19. The van der Waals surface area contributed by atoms with Gasteiger partial charge in [-0.1, -0.05) is 59.0 Å². The number of thioether (sulfide) groups is 1. The number of hydrogen-bond donors (Lipinski definition) is 1. The molecule has 1 aromatic carbocycles. The summed E-state index contributed by atoms with van der Waals surface area (Å²) >= 11 is 9.66.